The Labute approximate surface area is 70.2 Å². The third kappa shape index (κ3) is 1.81. The standard InChI is InChI=1S/C8H11I/c1-6-3-4-7(2)8(9)5-6/h4-6H,3H2,1-2H3. The molecule has 0 nitrogen and oxygen atoms in total. The van der Waals surface area contributed by atoms with E-state index < -0.39 is 0 Å². The Balaban J connectivity index is 2.75. The molecule has 0 radical (unpaired) electrons. The summed E-state index contributed by atoms with van der Waals surface area (Å²) in [5.74, 6) is 0.751. The van der Waals surface area contributed by atoms with Crippen LogP contribution in [0.1, 0.15) is 20.3 Å². The van der Waals surface area contributed by atoms with Gasteiger partial charge >= 0.3 is 0 Å². The highest BCUT2D eigenvalue weighted by Gasteiger charge is 2.05. The summed E-state index contributed by atoms with van der Waals surface area (Å²) in [7, 11) is 0. The highest BCUT2D eigenvalue weighted by molar-refractivity contribution is 14.1. The van der Waals surface area contributed by atoms with Crippen LogP contribution in [-0.2, 0) is 0 Å². The van der Waals surface area contributed by atoms with Gasteiger partial charge in [-0.1, -0.05) is 19.1 Å². The third-order valence-electron chi connectivity index (χ3n) is 1.60. The molecule has 0 bridgehead atoms. The molecular formula is C8H11I. The fraction of sp³-hybridized carbons (Fsp3) is 0.500. The van der Waals surface area contributed by atoms with Gasteiger partial charge in [0.25, 0.3) is 0 Å². The Morgan fingerprint density at radius 1 is 1.67 bits per heavy atom. The van der Waals surface area contributed by atoms with E-state index in [2.05, 4.69) is 48.6 Å². The van der Waals surface area contributed by atoms with Crippen molar-refractivity contribution >= 4 is 22.6 Å². The Hall–Kier alpha value is 0.210. The van der Waals surface area contributed by atoms with E-state index in [-0.39, 0.29) is 0 Å². The summed E-state index contributed by atoms with van der Waals surface area (Å²) in [5, 5.41) is 0. The highest BCUT2D eigenvalue weighted by Crippen LogP contribution is 2.26. The van der Waals surface area contributed by atoms with Gasteiger partial charge in [-0.25, -0.2) is 0 Å². The lowest BCUT2D eigenvalue weighted by molar-refractivity contribution is 0.730. The number of allylic oxidation sites excluding steroid dienone is 4. The fourth-order valence-corrected chi connectivity index (χ4v) is 1.74. The zero-order chi connectivity index (χ0) is 6.85. The maximum absolute atomic E-state index is 2.39. The second-order valence-corrected chi connectivity index (χ2v) is 3.78. The zero-order valence-corrected chi connectivity index (χ0v) is 7.97. The van der Waals surface area contributed by atoms with Crippen molar-refractivity contribution in [2.24, 2.45) is 5.92 Å². The molecule has 0 aromatic heterocycles. The molecule has 0 saturated heterocycles. The van der Waals surface area contributed by atoms with E-state index in [1.807, 2.05) is 0 Å². The SMILES string of the molecule is CC1=CCC(C)C=C1I. The monoisotopic (exact) mass is 234 g/mol. The van der Waals surface area contributed by atoms with Crippen molar-refractivity contribution in [1.29, 1.82) is 0 Å². The molecule has 1 heteroatoms. The predicted molar refractivity (Wildman–Crippen MR) is 49.6 cm³/mol. The molecule has 0 heterocycles. The van der Waals surface area contributed by atoms with Crippen molar-refractivity contribution in [2.45, 2.75) is 20.3 Å². The first-order valence-corrected chi connectivity index (χ1v) is 4.32. The van der Waals surface area contributed by atoms with E-state index in [1.54, 1.807) is 0 Å². The highest BCUT2D eigenvalue weighted by atomic mass is 127. The van der Waals surface area contributed by atoms with Gasteiger partial charge in [-0.3, -0.25) is 0 Å². The van der Waals surface area contributed by atoms with Crippen molar-refractivity contribution in [3.63, 3.8) is 0 Å². The summed E-state index contributed by atoms with van der Waals surface area (Å²) >= 11 is 2.39. The maximum atomic E-state index is 2.39. The van der Waals surface area contributed by atoms with Crippen molar-refractivity contribution in [2.75, 3.05) is 0 Å². The summed E-state index contributed by atoms with van der Waals surface area (Å²) in [5.41, 5.74) is 1.44. The lowest BCUT2D eigenvalue weighted by atomic mass is 10.00. The van der Waals surface area contributed by atoms with Crippen LogP contribution >= 0.6 is 22.6 Å². The second kappa shape index (κ2) is 2.86. The first kappa shape index (κ1) is 7.32. The Morgan fingerprint density at radius 2 is 2.33 bits per heavy atom. The van der Waals surface area contributed by atoms with Crippen molar-refractivity contribution < 1.29 is 0 Å². The molecule has 0 N–H and O–H groups in total. The molecule has 0 aliphatic heterocycles. The molecule has 0 fully saturated rings. The molecule has 1 aliphatic rings. The first-order valence-electron chi connectivity index (χ1n) is 3.24. The van der Waals surface area contributed by atoms with Gasteiger partial charge in [0.15, 0.2) is 0 Å². The minimum absolute atomic E-state index is 0.751. The lowest BCUT2D eigenvalue weighted by Gasteiger charge is -2.11. The second-order valence-electron chi connectivity index (χ2n) is 2.61. The molecule has 1 unspecified atom stereocenters. The smallest absolute Gasteiger partial charge is 0.0119 e. The van der Waals surface area contributed by atoms with E-state index in [4.69, 9.17) is 0 Å². The van der Waals surface area contributed by atoms with Crippen molar-refractivity contribution in [1.82, 2.24) is 0 Å². The van der Waals surface area contributed by atoms with Crippen LogP contribution in [0.15, 0.2) is 21.3 Å². The summed E-state index contributed by atoms with van der Waals surface area (Å²) in [6, 6.07) is 0. The quantitative estimate of drug-likeness (QED) is 0.564. The largest absolute Gasteiger partial charge is 0.0800 e. The number of rotatable bonds is 0. The van der Waals surface area contributed by atoms with E-state index in [0.29, 0.717) is 0 Å². The molecule has 0 amide bonds. The summed E-state index contributed by atoms with van der Waals surface area (Å²) in [4.78, 5) is 0. The van der Waals surface area contributed by atoms with Crippen LogP contribution in [0, 0.1) is 5.92 Å². The van der Waals surface area contributed by atoms with Crippen LogP contribution in [0.2, 0.25) is 0 Å². The van der Waals surface area contributed by atoms with Crippen LogP contribution < -0.4 is 0 Å². The van der Waals surface area contributed by atoms with Crippen LogP contribution in [-0.4, -0.2) is 0 Å². The average molecular weight is 234 g/mol. The topological polar surface area (TPSA) is 0 Å². The average Bonchev–Trinajstić information content (AvgIpc) is 1.80. The summed E-state index contributed by atoms with van der Waals surface area (Å²) in [6.07, 6.45) is 5.86. The van der Waals surface area contributed by atoms with Crippen LogP contribution in [0.25, 0.3) is 0 Å². The van der Waals surface area contributed by atoms with Crippen LogP contribution in [0.3, 0.4) is 0 Å². The van der Waals surface area contributed by atoms with Gasteiger partial charge < -0.3 is 0 Å². The molecule has 0 spiro atoms. The van der Waals surface area contributed by atoms with Crippen LogP contribution in [0.4, 0.5) is 0 Å². The van der Waals surface area contributed by atoms with Gasteiger partial charge in [-0.2, -0.15) is 0 Å². The zero-order valence-electron chi connectivity index (χ0n) is 5.82. The third-order valence-corrected chi connectivity index (χ3v) is 2.81. The lowest BCUT2D eigenvalue weighted by Crippen LogP contribution is -1.94. The Kier molecular flexibility index (Phi) is 2.33. The van der Waals surface area contributed by atoms with E-state index in [0.717, 1.165) is 5.92 Å². The molecule has 0 aromatic rings. The molecule has 1 rings (SSSR count). The van der Waals surface area contributed by atoms with E-state index >= 15 is 0 Å². The maximum Gasteiger partial charge on any atom is 0.0119 e. The molecule has 50 valence electrons. The molecule has 1 atom stereocenters. The summed E-state index contributed by atoms with van der Waals surface area (Å²) < 4.78 is 1.42. The van der Waals surface area contributed by atoms with Gasteiger partial charge in [0.05, 0.1) is 0 Å². The number of hydrogen-bond donors (Lipinski definition) is 0. The molecular weight excluding hydrogens is 223 g/mol. The molecule has 0 aromatic carbocycles. The van der Waals surface area contributed by atoms with Gasteiger partial charge in [0.2, 0.25) is 0 Å². The first-order chi connectivity index (χ1) is 4.20. The van der Waals surface area contributed by atoms with Crippen LogP contribution in [0.5, 0.6) is 0 Å². The van der Waals surface area contributed by atoms with Gasteiger partial charge in [-0.05, 0) is 47.4 Å². The fourth-order valence-electron chi connectivity index (χ4n) is 0.909. The predicted octanol–water partition coefficient (Wildman–Crippen LogP) is 3.29. The Bertz CT molecular complexity index is 165. The number of halogens is 1. The van der Waals surface area contributed by atoms with Gasteiger partial charge in [0.1, 0.15) is 0 Å². The summed E-state index contributed by atoms with van der Waals surface area (Å²) in [6.45, 7) is 4.42. The van der Waals surface area contributed by atoms with Crippen molar-refractivity contribution in [3.8, 4) is 0 Å². The normalized spacial score (nSPS) is 27.2. The molecule has 9 heavy (non-hydrogen) atoms. The minimum atomic E-state index is 0.751. The Morgan fingerprint density at radius 3 is 2.78 bits per heavy atom. The molecule has 1 aliphatic carbocycles. The number of hydrogen-bond acceptors (Lipinski definition) is 0. The van der Waals surface area contributed by atoms with Gasteiger partial charge in [0, 0.05) is 3.58 Å². The van der Waals surface area contributed by atoms with E-state index in [9.17, 15) is 0 Å². The van der Waals surface area contributed by atoms with Gasteiger partial charge in [-0.15, -0.1) is 0 Å². The molecule has 0 saturated carbocycles. The van der Waals surface area contributed by atoms with Crippen molar-refractivity contribution in [3.05, 3.63) is 21.3 Å². The van der Waals surface area contributed by atoms with E-state index in [1.165, 1.54) is 15.6 Å². The minimum Gasteiger partial charge on any atom is -0.0800 e.